The Labute approximate surface area is 101 Å². The van der Waals surface area contributed by atoms with Crippen LogP contribution in [-0.2, 0) is 14.8 Å². The molecule has 1 aromatic rings. The number of aliphatic hydroxyl groups is 1. The maximum absolute atomic E-state index is 12.8. The number of aliphatic hydroxyl groups excluding tert-OH is 1. The fourth-order valence-corrected chi connectivity index (χ4v) is 2.14. The van der Waals surface area contributed by atoms with E-state index in [1.54, 1.807) is 4.72 Å². The Balaban J connectivity index is 2.90. The van der Waals surface area contributed by atoms with Crippen LogP contribution >= 0.6 is 0 Å². The summed E-state index contributed by atoms with van der Waals surface area (Å²) in [6.07, 6.45) is -1.72. The summed E-state index contributed by atoms with van der Waals surface area (Å²) < 4.78 is 50.6. The van der Waals surface area contributed by atoms with Gasteiger partial charge in [-0.15, -0.1) is 0 Å². The van der Waals surface area contributed by atoms with Gasteiger partial charge in [0, 0.05) is 12.6 Å². The zero-order valence-electron chi connectivity index (χ0n) is 8.93. The lowest BCUT2D eigenvalue weighted by atomic mass is 10.3. The van der Waals surface area contributed by atoms with Crippen LogP contribution in [0.5, 0.6) is 0 Å². The van der Waals surface area contributed by atoms with E-state index in [0.29, 0.717) is 18.2 Å². The zero-order valence-corrected chi connectivity index (χ0v) is 9.75. The molecule has 1 rings (SSSR count). The maximum atomic E-state index is 12.8. The quantitative estimate of drug-likeness (QED) is 0.648. The van der Waals surface area contributed by atoms with Crippen molar-refractivity contribution in [1.82, 2.24) is 4.72 Å². The van der Waals surface area contributed by atoms with Crippen molar-refractivity contribution in [2.75, 3.05) is 6.54 Å². The molecule has 1 aromatic carbocycles. The Morgan fingerprint density at radius 2 is 1.83 bits per heavy atom. The Morgan fingerprint density at radius 1 is 1.33 bits per heavy atom. The van der Waals surface area contributed by atoms with E-state index in [1.807, 2.05) is 0 Å². The average Bonchev–Trinajstić information content (AvgIpc) is 2.24. The predicted octanol–water partition coefficient (Wildman–Crippen LogP) is -0.911. The lowest BCUT2D eigenvalue weighted by molar-refractivity contribution is -0.125. The SMILES string of the molecule is NC(=O)C(O)CNS(=O)(=O)c1cc(F)cc(F)c1. The molecule has 1 atom stereocenters. The molecule has 0 spiro atoms. The first kappa shape index (κ1) is 14.5. The second-order valence-corrected chi connectivity index (χ2v) is 5.14. The summed E-state index contributed by atoms with van der Waals surface area (Å²) in [5, 5.41) is 9.00. The fraction of sp³-hybridized carbons (Fsp3) is 0.222. The van der Waals surface area contributed by atoms with Gasteiger partial charge in [0.1, 0.15) is 17.7 Å². The molecule has 0 radical (unpaired) electrons. The molecule has 0 fully saturated rings. The summed E-state index contributed by atoms with van der Waals surface area (Å²) in [5.41, 5.74) is 4.71. The number of sulfonamides is 1. The van der Waals surface area contributed by atoms with E-state index in [9.17, 15) is 22.0 Å². The van der Waals surface area contributed by atoms with E-state index in [-0.39, 0.29) is 0 Å². The van der Waals surface area contributed by atoms with Crippen LogP contribution < -0.4 is 10.5 Å². The van der Waals surface area contributed by atoms with Gasteiger partial charge >= 0.3 is 0 Å². The minimum absolute atomic E-state index is 0.511. The molecule has 1 unspecified atom stereocenters. The standard InChI is InChI=1S/C9H10F2N2O4S/c10-5-1-6(11)3-7(2-5)18(16,17)13-4-8(14)9(12)15/h1-3,8,13-14H,4H2,(H2,12,15). The Kier molecular flexibility index (Phi) is 4.33. The van der Waals surface area contributed by atoms with E-state index in [1.165, 1.54) is 0 Å². The Bertz CT molecular complexity index is 541. The number of nitrogens with one attached hydrogen (secondary N) is 1. The van der Waals surface area contributed by atoms with Crippen LogP contribution in [0, 0.1) is 11.6 Å². The topological polar surface area (TPSA) is 109 Å². The number of nitrogens with two attached hydrogens (primary N) is 1. The van der Waals surface area contributed by atoms with Crippen molar-refractivity contribution in [2.24, 2.45) is 5.73 Å². The molecule has 0 aliphatic carbocycles. The van der Waals surface area contributed by atoms with E-state index >= 15 is 0 Å². The number of carbonyl (C=O) groups excluding carboxylic acids is 1. The maximum Gasteiger partial charge on any atom is 0.247 e. The molecule has 0 heterocycles. The summed E-state index contributed by atoms with van der Waals surface area (Å²) >= 11 is 0. The highest BCUT2D eigenvalue weighted by Crippen LogP contribution is 2.13. The monoisotopic (exact) mass is 280 g/mol. The van der Waals surface area contributed by atoms with Gasteiger partial charge < -0.3 is 10.8 Å². The molecular weight excluding hydrogens is 270 g/mol. The second-order valence-electron chi connectivity index (χ2n) is 3.38. The fourth-order valence-electron chi connectivity index (χ4n) is 1.06. The van der Waals surface area contributed by atoms with Gasteiger partial charge in [-0.25, -0.2) is 21.9 Å². The van der Waals surface area contributed by atoms with Gasteiger partial charge in [0.2, 0.25) is 15.9 Å². The molecule has 0 aliphatic heterocycles. The van der Waals surface area contributed by atoms with E-state index in [4.69, 9.17) is 10.8 Å². The predicted molar refractivity (Wildman–Crippen MR) is 56.7 cm³/mol. The van der Waals surface area contributed by atoms with Crippen LogP contribution in [0.3, 0.4) is 0 Å². The normalized spacial score (nSPS) is 13.3. The van der Waals surface area contributed by atoms with Crippen LogP contribution in [0.1, 0.15) is 0 Å². The molecule has 9 heteroatoms. The molecule has 6 nitrogen and oxygen atoms in total. The molecule has 100 valence electrons. The summed E-state index contributed by atoms with van der Waals surface area (Å²) in [6.45, 7) is -0.685. The number of halogens is 2. The smallest absolute Gasteiger partial charge is 0.247 e. The number of hydrogen-bond donors (Lipinski definition) is 3. The third kappa shape index (κ3) is 3.72. The first-order valence-electron chi connectivity index (χ1n) is 4.65. The Morgan fingerprint density at radius 3 is 2.28 bits per heavy atom. The highest BCUT2D eigenvalue weighted by molar-refractivity contribution is 7.89. The molecule has 0 saturated carbocycles. The van der Waals surface area contributed by atoms with E-state index < -0.39 is 45.1 Å². The number of amides is 1. The number of hydrogen-bond acceptors (Lipinski definition) is 4. The van der Waals surface area contributed by atoms with Crippen LogP contribution in [-0.4, -0.2) is 32.1 Å². The van der Waals surface area contributed by atoms with Gasteiger partial charge in [0.05, 0.1) is 4.90 Å². The van der Waals surface area contributed by atoms with Crippen LogP contribution in [0.15, 0.2) is 23.1 Å². The molecule has 1 amide bonds. The van der Waals surface area contributed by atoms with Gasteiger partial charge in [-0.2, -0.15) is 0 Å². The molecular formula is C9H10F2N2O4S. The molecule has 0 bridgehead atoms. The molecule has 18 heavy (non-hydrogen) atoms. The van der Waals surface area contributed by atoms with Crippen molar-refractivity contribution >= 4 is 15.9 Å². The highest BCUT2D eigenvalue weighted by Gasteiger charge is 2.19. The number of benzene rings is 1. The van der Waals surface area contributed by atoms with Gasteiger partial charge in [0.15, 0.2) is 0 Å². The minimum atomic E-state index is -4.23. The van der Waals surface area contributed by atoms with E-state index in [0.717, 1.165) is 0 Å². The molecule has 0 aliphatic rings. The van der Waals surface area contributed by atoms with Crippen molar-refractivity contribution < 1.29 is 27.1 Å². The third-order valence-electron chi connectivity index (χ3n) is 1.94. The third-order valence-corrected chi connectivity index (χ3v) is 3.34. The first-order chi connectivity index (χ1) is 8.22. The van der Waals surface area contributed by atoms with E-state index in [2.05, 4.69) is 0 Å². The molecule has 0 aromatic heterocycles. The van der Waals surface area contributed by atoms with Gasteiger partial charge in [-0.3, -0.25) is 4.79 Å². The number of primary amides is 1. The molecule has 4 N–H and O–H groups in total. The van der Waals surface area contributed by atoms with Crippen molar-refractivity contribution in [2.45, 2.75) is 11.0 Å². The van der Waals surface area contributed by atoms with Gasteiger partial charge in [-0.05, 0) is 12.1 Å². The van der Waals surface area contributed by atoms with Crippen LogP contribution in [0.4, 0.5) is 8.78 Å². The van der Waals surface area contributed by atoms with Crippen molar-refractivity contribution in [3.8, 4) is 0 Å². The van der Waals surface area contributed by atoms with Crippen LogP contribution in [0.25, 0.3) is 0 Å². The highest BCUT2D eigenvalue weighted by atomic mass is 32.2. The largest absolute Gasteiger partial charge is 0.382 e. The summed E-state index contributed by atoms with van der Waals surface area (Å²) in [6, 6.07) is 1.71. The van der Waals surface area contributed by atoms with Gasteiger partial charge in [0.25, 0.3) is 0 Å². The lowest BCUT2D eigenvalue weighted by Crippen LogP contribution is -2.39. The first-order valence-corrected chi connectivity index (χ1v) is 6.14. The second kappa shape index (κ2) is 5.38. The summed E-state index contributed by atoms with van der Waals surface area (Å²) in [7, 11) is -4.23. The minimum Gasteiger partial charge on any atom is -0.382 e. The summed E-state index contributed by atoms with van der Waals surface area (Å²) in [4.78, 5) is 9.82. The van der Waals surface area contributed by atoms with Crippen LogP contribution in [0.2, 0.25) is 0 Å². The number of rotatable bonds is 5. The lowest BCUT2D eigenvalue weighted by Gasteiger charge is -2.09. The van der Waals surface area contributed by atoms with Crippen molar-refractivity contribution in [1.29, 1.82) is 0 Å². The Hall–Kier alpha value is -1.58. The molecule has 0 saturated heterocycles. The zero-order chi connectivity index (χ0) is 13.9. The van der Waals surface area contributed by atoms with Gasteiger partial charge in [-0.1, -0.05) is 0 Å². The number of carbonyl (C=O) groups is 1. The average molecular weight is 280 g/mol. The summed E-state index contributed by atoms with van der Waals surface area (Å²) in [5.74, 6) is -3.25. The van der Waals surface area contributed by atoms with Crippen molar-refractivity contribution in [3.63, 3.8) is 0 Å². The van der Waals surface area contributed by atoms with Crippen molar-refractivity contribution in [3.05, 3.63) is 29.8 Å².